The molecular weight excluding hydrogens is 308 g/mol. The molecule has 118 valence electrons. The molecule has 23 heavy (non-hydrogen) atoms. The molecule has 0 atom stereocenters. The van der Waals surface area contributed by atoms with E-state index in [2.05, 4.69) is 11.4 Å². The number of nitrogens with zero attached hydrogens (tertiary/aromatic N) is 1. The van der Waals surface area contributed by atoms with Crippen molar-refractivity contribution < 1.29 is 4.79 Å². The molecule has 3 aromatic rings. The maximum absolute atomic E-state index is 12.3. The predicted octanol–water partition coefficient (Wildman–Crippen LogP) is 3.40. The lowest BCUT2D eigenvalue weighted by Gasteiger charge is -2.08. The fourth-order valence-corrected chi connectivity index (χ4v) is 3.55. The van der Waals surface area contributed by atoms with Gasteiger partial charge in [0.15, 0.2) is 0 Å². The van der Waals surface area contributed by atoms with E-state index >= 15 is 0 Å². The van der Waals surface area contributed by atoms with Crippen LogP contribution in [0.2, 0.25) is 0 Å². The Hall–Kier alpha value is -2.40. The summed E-state index contributed by atoms with van der Waals surface area (Å²) in [5, 5.41) is 2.91. The summed E-state index contributed by atoms with van der Waals surface area (Å²) >= 11 is 1.18. The normalized spacial score (nSPS) is 10.9. The van der Waals surface area contributed by atoms with Crippen molar-refractivity contribution in [3.05, 3.63) is 62.8 Å². The highest BCUT2D eigenvalue weighted by Crippen LogP contribution is 2.21. The highest BCUT2D eigenvalue weighted by molar-refractivity contribution is 7.16. The van der Waals surface area contributed by atoms with Gasteiger partial charge >= 0.3 is 4.87 Å². The van der Waals surface area contributed by atoms with E-state index in [9.17, 15) is 9.59 Å². The second kappa shape index (κ2) is 6.01. The van der Waals surface area contributed by atoms with Crippen LogP contribution in [-0.2, 0) is 18.3 Å². The van der Waals surface area contributed by atoms with E-state index in [4.69, 9.17) is 0 Å². The first-order chi connectivity index (χ1) is 10.9. The summed E-state index contributed by atoms with van der Waals surface area (Å²) in [6.07, 6.45) is 0.342. The lowest BCUT2D eigenvalue weighted by molar-refractivity contribution is -0.115. The van der Waals surface area contributed by atoms with Gasteiger partial charge < -0.3 is 9.88 Å². The lowest BCUT2D eigenvalue weighted by Crippen LogP contribution is -2.15. The van der Waals surface area contributed by atoms with Gasteiger partial charge in [0.05, 0.1) is 16.6 Å². The fourth-order valence-electron chi connectivity index (χ4n) is 2.63. The van der Waals surface area contributed by atoms with Crippen molar-refractivity contribution in [2.75, 3.05) is 5.32 Å². The Morgan fingerprint density at radius 1 is 1.17 bits per heavy atom. The maximum atomic E-state index is 12.3. The van der Waals surface area contributed by atoms with E-state index in [-0.39, 0.29) is 10.8 Å². The van der Waals surface area contributed by atoms with Crippen LogP contribution in [0.25, 0.3) is 10.2 Å². The smallest absolute Gasteiger partial charge is 0.307 e. The minimum absolute atomic E-state index is 0.00115. The Balaban J connectivity index is 1.78. The molecule has 0 aliphatic heterocycles. The second-order valence-corrected chi connectivity index (χ2v) is 6.76. The quantitative estimate of drug-likeness (QED) is 0.802. The fraction of sp³-hybridized carbons (Fsp3) is 0.222. The van der Waals surface area contributed by atoms with Crippen LogP contribution in [0.1, 0.15) is 16.7 Å². The average molecular weight is 326 g/mol. The van der Waals surface area contributed by atoms with E-state index in [1.165, 1.54) is 16.9 Å². The zero-order valence-corrected chi connectivity index (χ0v) is 14.2. The van der Waals surface area contributed by atoms with Gasteiger partial charge in [-0.25, -0.2) is 0 Å². The maximum Gasteiger partial charge on any atom is 0.307 e. The van der Waals surface area contributed by atoms with Gasteiger partial charge in [-0.05, 0) is 43.2 Å². The molecule has 1 amide bonds. The molecule has 0 spiro atoms. The number of hydrogen-bond donors (Lipinski definition) is 1. The van der Waals surface area contributed by atoms with Gasteiger partial charge in [-0.3, -0.25) is 9.59 Å². The summed E-state index contributed by atoms with van der Waals surface area (Å²) in [6, 6.07) is 11.6. The van der Waals surface area contributed by atoms with Crippen LogP contribution in [-0.4, -0.2) is 10.5 Å². The number of hydrogen-bond acceptors (Lipinski definition) is 3. The monoisotopic (exact) mass is 326 g/mol. The van der Waals surface area contributed by atoms with Gasteiger partial charge in [-0.1, -0.05) is 35.1 Å². The van der Waals surface area contributed by atoms with Crippen molar-refractivity contribution in [2.24, 2.45) is 7.05 Å². The average Bonchev–Trinajstić information content (AvgIpc) is 2.77. The van der Waals surface area contributed by atoms with E-state index in [1.807, 2.05) is 44.2 Å². The number of fused-ring (bicyclic) bond motifs is 1. The first-order valence-electron chi connectivity index (χ1n) is 7.39. The first kappa shape index (κ1) is 15.5. The number of anilines is 1. The molecule has 0 bridgehead atoms. The molecule has 5 heteroatoms. The summed E-state index contributed by atoms with van der Waals surface area (Å²) in [5.41, 5.74) is 4.94. The van der Waals surface area contributed by atoms with E-state index in [1.54, 1.807) is 11.6 Å². The van der Waals surface area contributed by atoms with Gasteiger partial charge in [-0.15, -0.1) is 0 Å². The van der Waals surface area contributed by atoms with Gasteiger partial charge in [0.25, 0.3) is 0 Å². The molecule has 3 rings (SSSR count). The molecule has 0 saturated heterocycles. The molecule has 1 aromatic heterocycles. The second-order valence-electron chi connectivity index (χ2n) is 5.76. The molecule has 1 N–H and O–H groups in total. The molecule has 4 nitrogen and oxygen atoms in total. The van der Waals surface area contributed by atoms with E-state index < -0.39 is 0 Å². The molecule has 0 aliphatic carbocycles. The largest absolute Gasteiger partial charge is 0.326 e. The van der Waals surface area contributed by atoms with Crippen molar-refractivity contribution in [3.63, 3.8) is 0 Å². The van der Waals surface area contributed by atoms with Crippen LogP contribution in [0.3, 0.4) is 0 Å². The predicted molar refractivity (Wildman–Crippen MR) is 95.3 cm³/mol. The Bertz CT molecular complexity index is 953. The number of amides is 1. The standard InChI is InChI=1S/C18H18N2O2S/c1-11-4-5-13(12(2)8-11)9-17(21)19-14-6-7-15-16(10-14)23-18(22)20(15)3/h4-8,10H,9H2,1-3H3,(H,19,21). The topological polar surface area (TPSA) is 51.1 Å². The van der Waals surface area contributed by atoms with E-state index in [0.717, 1.165) is 21.3 Å². The number of nitrogens with one attached hydrogen (secondary N) is 1. The van der Waals surface area contributed by atoms with Crippen molar-refractivity contribution in [1.29, 1.82) is 0 Å². The molecule has 0 aliphatic rings. The van der Waals surface area contributed by atoms with Crippen LogP contribution in [0.5, 0.6) is 0 Å². The highest BCUT2D eigenvalue weighted by atomic mass is 32.1. The summed E-state index contributed by atoms with van der Waals surface area (Å²) in [7, 11) is 1.75. The summed E-state index contributed by atoms with van der Waals surface area (Å²) in [4.78, 5) is 23.9. The Kier molecular flexibility index (Phi) is 4.05. The third-order valence-corrected chi connectivity index (χ3v) is 4.92. The molecule has 1 heterocycles. The van der Waals surface area contributed by atoms with Gasteiger partial charge in [-0.2, -0.15) is 0 Å². The van der Waals surface area contributed by atoms with Crippen LogP contribution < -0.4 is 10.2 Å². The minimum Gasteiger partial charge on any atom is -0.326 e. The molecule has 2 aromatic carbocycles. The van der Waals surface area contributed by atoms with Crippen LogP contribution >= 0.6 is 11.3 Å². The van der Waals surface area contributed by atoms with Gasteiger partial charge in [0, 0.05) is 12.7 Å². The molecule has 0 fully saturated rings. The number of aryl methyl sites for hydroxylation is 3. The van der Waals surface area contributed by atoms with Crippen molar-refractivity contribution >= 4 is 33.1 Å². The van der Waals surface area contributed by atoms with Gasteiger partial charge in [0.1, 0.15) is 0 Å². The zero-order valence-electron chi connectivity index (χ0n) is 13.3. The Morgan fingerprint density at radius 3 is 2.70 bits per heavy atom. The minimum atomic E-state index is -0.0559. The lowest BCUT2D eigenvalue weighted by atomic mass is 10.0. The van der Waals surface area contributed by atoms with Crippen LogP contribution in [0.4, 0.5) is 5.69 Å². The van der Waals surface area contributed by atoms with Crippen LogP contribution in [0.15, 0.2) is 41.2 Å². The number of carbonyl (C=O) groups is 1. The zero-order chi connectivity index (χ0) is 16.6. The third kappa shape index (κ3) is 3.19. The first-order valence-corrected chi connectivity index (χ1v) is 8.21. The Labute approximate surface area is 138 Å². The summed E-state index contributed by atoms with van der Waals surface area (Å²) in [5.74, 6) is -0.0559. The number of carbonyl (C=O) groups excluding carboxylic acids is 1. The number of rotatable bonds is 3. The third-order valence-electron chi connectivity index (χ3n) is 3.93. The molecule has 0 unspecified atom stereocenters. The highest BCUT2D eigenvalue weighted by Gasteiger charge is 2.09. The summed E-state index contributed by atoms with van der Waals surface area (Å²) < 4.78 is 2.49. The van der Waals surface area contributed by atoms with Gasteiger partial charge in [0.2, 0.25) is 5.91 Å². The SMILES string of the molecule is Cc1ccc(CC(=O)Nc2ccc3c(c2)sc(=O)n3C)c(C)c1. The van der Waals surface area contributed by atoms with Crippen molar-refractivity contribution in [1.82, 2.24) is 4.57 Å². The number of benzene rings is 2. The van der Waals surface area contributed by atoms with Crippen LogP contribution in [0, 0.1) is 13.8 Å². The molecule has 0 radical (unpaired) electrons. The van der Waals surface area contributed by atoms with Crippen molar-refractivity contribution in [3.8, 4) is 0 Å². The summed E-state index contributed by atoms with van der Waals surface area (Å²) in [6.45, 7) is 4.06. The number of aromatic nitrogens is 1. The number of thiazole rings is 1. The molecule has 0 saturated carbocycles. The Morgan fingerprint density at radius 2 is 1.96 bits per heavy atom. The molecular formula is C18H18N2O2S. The van der Waals surface area contributed by atoms with E-state index in [0.29, 0.717) is 12.1 Å². The van der Waals surface area contributed by atoms with Crippen molar-refractivity contribution in [2.45, 2.75) is 20.3 Å².